The Morgan fingerprint density at radius 3 is 2.86 bits per heavy atom. The predicted molar refractivity (Wildman–Crippen MR) is 105 cm³/mol. The molecule has 0 spiro atoms. The molecule has 0 radical (unpaired) electrons. The van der Waals surface area contributed by atoms with Crippen LogP contribution in [0, 0.1) is 11.3 Å². The molecule has 0 fully saturated rings. The lowest BCUT2D eigenvalue weighted by Gasteiger charge is -2.16. The van der Waals surface area contributed by atoms with E-state index in [1.165, 1.54) is 7.11 Å². The van der Waals surface area contributed by atoms with Crippen LogP contribution in [-0.2, 0) is 4.79 Å². The van der Waals surface area contributed by atoms with Crippen LogP contribution in [0.4, 0.5) is 17.5 Å². The first-order valence-electron chi connectivity index (χ1n) is 8.59. The van der Waals surface area contributed by atoms with Gasteiger partial charge in [-0.3, -0.25) is 9.78 Å². The molecule has 1 unspecified atom stereocenters. The molecule has 1 aromatic carbocycles. The highest BCUT2D eigenvalue weighted by molar-refractivity contribution is 5.84. The number of amides is 1. The van der Waals surface area contributed by atoms with Crippen molar-refractivity contribution in [3.63, 3.8) is 0 Å². The normalized spacial score (nSPS) is 11.5. The van der Waals surface area contributed by atoms with Crippen LogP contribution < -0.4 is 21.1 Å². The molecule has 1 atom stereocenters. The summed E-state index contributed by atoms with van der Waals surface area (Å²) in [6.45, 7) is 1.81. The number of pyridine rings is 1. The molecule has 0 bridgehead atoms. The van der Waals surface area contributed by atoms with Crippen molar-refractivity contribution in [2.45, 2.75) is 19.4 Å². The van der Waals surface area contributed by atoms with Crippen molar-refractivity contribution in [3.8, 4) is 11.9 Å². The molecule has 3 aromatic rings. The number of nitriles is 1. The van der Waals surface area contributed by atoms with Crippen LogP contribution in [-0.4, -0.2) is 34.0 Å². The number of nitrogens with two attached hydrogens (primary N) is 1. The molecular weight excluding hydrogens is 358 g/mol. The van der Waals surface area contributed by atoms with E-state index in [4.69, 9.17) is 10.5 Å². The van der Waals surface area contributed by atoms with E-state index in [1.54, 1.807) is 6.20 Å². The minimum Gasteiger partial charge on any atom is -0.480 e. The van der Waals surface area contributed by atoms with Crippen molar-refractivity contribution in [3.05, 3.63) is 42.1 Å². The first kappa shape index (κ1) is 18.8. The highest BCUT2D eigenvalue weighted by Gasteiger charge is 2.19. The minimum absolute atomic E-state index is 0.0873. The Morgan fingerprint density at radius 1 is 1.36 bits per heavy atom. The molecule has 9 nitrogen and oxygen atoms in total. The Bertz CT molecular complexity index is 1060. The summed E-state index contributed by atoms with van der Waals surface area (Å²) in [6.07, 6.45) is 2.18. The topological polar surface area (TPSA) is 139 Å². The summed E-state index contributed by atoms with van der Waals surface area (Å²) < 4.78 is 5.22. The van der Waals surface area contributed by atoms with Gasteiger partial charge in [-0.15, -0.1) is 0 Å². The van der Waals surface area contributed by atoms with Crippen molar-refractivity contribution in [2.24, 2.45) is 5.73 Å². The number of hydrogen-bond acceptors (Lipinski definition) is 8. The number of aromatic nitrogens is 3. The fourth-order valence-electron chi connectivity index (χ4n) is 2.66. The molecule has 3 rings (SSSR count). The van der Waals surface area contributed by atoms with E-state index in [9.17, 15) is 10.1 Å². The van der Waals surface area contributed by atoms with Crippen LogP contribution in [0.2, 0.25) is 0 Å². The minimum atomic E-state index is -0.641. The van der Waals surface area contributed by atoms with Crippen molar-refractivity contribution in [2.75, 3.05) is 17.7 Å². The number of primary amides is 1. The summed E-state index contributed by atoms with van der Waals surface area (Å²) in [6, 6.07) is 10.8. The van der Waals surface area contributed by atoms with Crippen LogP contribution in [0.25, 0.3) is 10.9 Å². The number of carbonyl (C=O) groups excluding carboxylic acids is 1. The van der Waals surface area contributed by atoms with Gasteiger partial charge in [0.15, 0.2) is 11.4 Å². The van der Waals surface area contributed by atoms with Crippen LogP contribution in [0.1, 0.15) is 18.9 Å². The fourth-order valence-corrected chi connectivity index (χ4v) is 2.66. The second-order valence-corrected chi connectivity index (χ2v) is 5.94. The Morgan fingerprint density at radius 2 is 2.18 bits per heavy atom. The molecule has 1 amide bonds. The second-order valence-electron chi connectivity index (χ2n) is 5.94. The number of nitrogens with zero attached hydrogens (tertiary/aromatic N) is 4. The lowest BCUT2D eigenvalue weighted by Crippen LogP contribution is -2.35. The van der Waals surface area contributed by atoms with E-state index in [-0.39, 0.29) is 23.2 Å². The number of anilines is 3. The molecule has 0 saturated carbocycles. The standard InChI is InChI=1S/C19H19N7O2/c1-3-14(16(21)27)24-19-25-17(13(10-20)18(26-19)28-2)23-12-6-7-15-11(9-12)5-4-8-22-15/h4-9,14H,3H2,1-2H3,(H2,21,27)(H2,23,24,25,26). The molecular formula is C19H19N7O2. The number of rotatable bonds is 7. The quantitative estimate of drug-likeness (QED) is 0.570. The summed E-state index contributed by atoms with van der Waals surface area (Å²) in [4.78, 5) is 24.3. The number of carbonyl (C=O) groups is 1. The smallest absolute Gasteiger partial charge is 0.239 e. The highest BCUT2D eigenvalue weighted by atomic mass is 16.5. The number of ether oxygens (including phenoxy) is 1. The Kier molecular flexibility index (Phi) is 5.50. The summed E-state index contributed by atoms with van der Waals surface area (Å²) in [5, 5.41) is 16.5. The van der Waals surface area contributed by atoms with Gasteiger partial charge in [0.1, 0.15) is 12.1 Å². The van der Waals surface area contributed by atoms with E-state index in [1.807, 2.05) is 43.3 Å². The van der Waals surface area contributed by atoms with Crippen LogP contribution in [0.5, 0.6) is 5.88 Å². The lowest BCUT2D eigenvalue weighted by atomic mass is 10.2. The molecule has 2 aromatic heterocycles. The number of hydrogen-bond donors (Lipinski definition) is 3. The first-order chi connectivity index (χ1) is 13.5. The number of methoxy groups -OCH3 is 1. The van der Waals surface area contributed by atoms with Crippen molar-refractivity contribution < 1.29 is 9.53 Å². The van der Waals surface area contributed by atoms with E-state index in [0.717, 1.165) is 10.9 Å². The number of nitrogens with one attached hydrogen (secondary N) is 2. The van der Waals surface area contributed by atoms with E-state index >= 15 is 0 Å². The lowest BCUT2D eigenvalue weighted by molar-refractivity contribution is -0.118. The molecule has 0 aliphatic rings. The molecule has 0 aliphatic carbocycles. The molecule has 9 heteroatoms. The van der Waals surface area contributed by atoms with Gasteiger partial charge in [-0.2, -0.15) is 15.2 Å². The largest absolute Gasteiger partial charge is 0.480 e. The highest BCUT2D eigenvalue weighted by Crippen LogP contribution is 2.28. The van der Waals surface area contributed by atoms with E-state index < -0.39 is 11.9 Å². The summed E-state index contributed by atoms with van der Waals surface area (Å²) in [7, 11) is 1.41. The average Bonchev–Trinajstić information content (AvgIpc) is 2.71. The van der Waals surface area contributed by atoms with Gasteiger partial charge in [-0.25, -0.2) is 0 Å². The fraction of sp³-hybridized carbons (Fsp3) is 0.211. The Labute approximate surface area is 161 Å². The molecule has 4 N–H and O–H groups in total. The number of fused-ring (bicyclic) bond motifs is 1. The third kappa shape index (κ3) is 3.91. The van der Waals surface area contributed by atoms with Gasteiger partial charge < -0.3 is 21.1 Å². The molecule has 28 heavy (non-hydrogen) atoms. The zero-order valence-electron chi connectivity index (χ0n) is 15.4. The Hall–Kier alpha value is -3.93. The van der Waals surface area contributed by atoms with Crippen LogP contribution in [0.15, 0.2) is 36.5 Å². The molecule has 0 saturated heterocycles. The maximum Gasteiger partial charge on any atom is 0.239 e. The van der Waals surface area contributed by atoms with Crippen molar-refractivity contribution in [1.29, 1.82) is 5.26 Å². The number of benzene rings is 1. The molecule has 142 valence electrons. The average molecular weight is 377 g/mol. The van der Waals surface area contributed by atoms with Gasteiger partial charge in [0.25, 0.3) is 0 Å². The zero-order chi connectivity index (χ0) is 20.1. The predicted octanol–water partition coefficient (Wildman–Crippen LogP) is 2.32. The molecule has 2 heterocycles. The second kappa shape index (κ2) is 8.18. The maximum absolute atomic E-state index is 11.5. The third-order valence-electron chi connectivity index (χ3n) is 4.10. The maximum atomic E-state index is 11.5. The van der Waals surface area contributed by atoms with Crippen molar-refractivity contribution in [1.82, 2.24) is 15.0 Å². The van der Waals surface area contributed by atoms with Gasteiger partial charge in [-0.05, 0) is 30.7 Å². The van der Waals surface area contributed by atoms with Crippen molar-refractivity contribution >= 4 is 34.3 Å². The monoisotopic (exact) mass is 377 g/mol. The summed E-state index contributed by atoms with van der Waals surface area (Å²) in [5.74, 6) is -0.0545. The van der Waals surface area contributed by atoms with E-state index in [0.29, 0.717) is 12.1 Å². The SMILES string of the molecule is CCC(Nc1nc(Nc2ccc3ncccc3c2)c(C#N)c(OC)n1)C(N)=O. The van der Waals surface area contributed by atoms with E-state index in [2.05, 4.69) is 25.6 Å². The first-order valence-corrected chi connectivity index (χ1v) is 8.59. The van der Waals surface area contributed by atoms with Gasteiger partial charge in [-0.1, -0.05) is 13.0 Å². The summed E-state index contributed by atoms with van der Waals surface area (Å²) in [5.41, 5.74) is 7.08. The van der Waals surface area contributed by atoms with Crippen LogP contribution in [0.3, 0.4) is 0 Å². The van der Waals surface area contributed by atoms with Gasteiger partial charge >= 0.3 is 0 Å². The van der Waals surface area contributed by atoms with Gasteiger partial charge in [0, 0.05) is 17.3 Å². The van der Waals surface area contributed by atoms with Crippen LogP contribution >= 0.6 is 0 Å². The van der Waals surface area contributed by atoms with Gasteiger partial charge in [0.2, 0.25) is 17.7 Å². The summed E-state index contributed by atoms with van der Waals surface area (Å²) >= 11 is 0. The Balaban J connectivity index is 2.00. The third-order valence-corrected chi connectivity index (χ3v) is 4.10. The zero-order valence-corrected chi connectivity index (χ0v) is 15.4. The van der Waals surface area contributed by atoms with Gasteiger partial charge in [0.05, 0.1) is 12.6 Å². The molecule has 0 aliphatic heterocycles.